The molecule has 0 spiro atoms. The van der Waals surface area contributed by atoms with Gasteiger partial charge < -0.3 is 10.0 Å². The van der Waals surface area contributed by atoms with Crippen LogP contribution >= 0.6 is 0 Å². The molecule has 106 valence electrons. The number of aliphatic hydroxyl groups is 1. The molecule has 0 unspecified atom stereocenters. The number of amides is 1. The average Bonchev–Trinajstić information content (AvgIpc) is 3.11. The number of hydrogen-bond acceptors (Lipinski definition) is 3. The molecule has 2 heterocycles. The van der Waals surface area contributed by atoms with Gasteiger partial charge >= 0.3 is 0 Å². The molecule has 0 bridgehead atoms. The summed E-state index contributed by atoms with van der Waals surface area (Å²) in [5.41, 5.74) is 1.12. The maximum Gasteiger partial charge on any atom is 0.226 e. The topological polar surface area (TPSA) is 53.4 Å². The molecule has 0 saturated carbocycles. The SMILES string of the molecule is O=C(C1CC=CC1)N1CC[C@H](O)[C@@H]1Cc1ccncc1. The molecule has 1 amide bonds. The molecule has 4 heteroatoms. The fourth-order valence-corrected chi connectivity index (χ4v) is 3.17. The summed E-state index contributed by atoms with van der Waals surface area (Å²) >= 11 is 0. The van der Waals surface area contributed by atoms with E-state index in [1.54, 1.807) is 12.4 Å². The van der Waals surface area contributed by atoms with Gasteiger partial charge in [0.1, 0.15) is 0 Å². The van der Waals surface area contributed by atoms with E-state index >= 15 is 0 Å². The van der Waals surface area contributed by atoms with Gasteiger partial charge in [0.2, 0.25) is 5.91 Å². The largest absolute Gasteiger partial charge is 0.391 e. The quantitative estimate of drug-likeness (QED) is 0.849. The number of hydrogen-bond donors (Lipinski definition) is 1. The van der Waals surface area contributed by atoms with Gasteiger partial charge in [-0.1, -0.05) is 12.2 Å². The van der Waals surface area contributed by atoms with Crippen LogP contribution in [0.1, 0.15) is 24.8 Å². The summed E-state index contributed by atoms with van der Waals surface area (Å²) in [6.07, 6.45) is 10.3. The zero-order valence-corrected chi connectivity index (χ0v) is 11.5. The van der Waals surface area contributed by atoms with Crippen LogP contribution in [0.15, 0.2) is 36.7 Å². The first-order valence-corrected chi connectivity index (χ1v) is 7.28. The van der Waals surface area contributed by atoms with E-state index in [0.717, 1.165) is 18.4 Å². The fourth-order valence-electron chi connectivity index (χ4n) is 3.17. The molecule has 1 aliphatic heterocycles. The van der Waals surface area contributed by atoms with Crippen LogP contribution in [0.5, 0.6) is 0 Å². The minimum absolute atomic E-state index is 0.0836. The number of nitrogens with zero attached hydrogens (tertiary/aromatic N) is 2. The van der Waals surface area contributed by atoms with Crippen molar-refractivity contribution in [1.82, 2.24) is 9.88 Å². The molecular weight excluding hydrogens is 252 g/mol. The Morgan fingerprint density at radius 3 is 2.70 bits per heavy atom. The number of carbonyl (C=O) groups is 1. The van der Waals surface area contributed by atoms with Crippen LogP contribution in [0.25, 0.3) is 0 Å². The lowest BCUT2D eigenvalue weighted by Gasteiger charge is -2.28. The summed E-state index contributed by atoms with van der Waals surface area (Å²) in [7, 11) is 0. The third kappa shape index (κ3) is 2.61. The zero-order valence-electron chi connectivity index (χ0n) is 11.5. The Balaban J connectivity index is 1.71. The summed E-state index contributed by atoms with van der Waals surface area (Å²) in [6.45, 7) is 0.673. The molecule has 1 aromatic rings. The first-order valence-electron chi connectivity index (χ1n) is 7.28. The van der Waals surface area contributed by atoms with Crippen molar-refractivity contribution in [2.75, 3.05) is 6.54 Å². The van der Waals surface area contributed by atoms with E-state index in [-0.39, 0.29) is 17.9 Å². The van der Waals surface area contributed by atoms with Crippen molar-refractivity contribution in [3.8, 4) is 0 Å². The van der Waals surface area contributed by atoms with E-state index in [1.807, 2.05) is 17.0 Å². The Morgan fingerprint density at radius 2 is 2.00 bits per heavy atom. The van der Waals surface area contributed by atoms with Crippen LogP contribution in [0.3, 0.4) is 0 Å². The number of rotatable bonds is 3. The molecule has 20 heavy (non-hydrogen) atoms. The second-order valence-electron chi connectivity index (χ2n) is 5.65. The molecule has 2 atom stereocenters. The number of aliphatic hydroxyl groups excluding tert-OH is 1. The van der Waals surface area contributed by atoms with Gasteiger partial charge in [0, 0.05) is 24.9 Å². The van der Waals surface area contributed by atoms with E-state index in [2.05, 4.69) is 17.1 Å². The molecule has 0 radical (unpaired) electrons. The van der Waals surface area contributed by atoms with Crippen LogP contribution in [0.4, 0.5) is 0 Å². The molecule has 2 aliphatic rings. The average molecular weight is 272 g/mol. The molecule has 0 aromatic carbocycles. The van der Waals surface area contributed by atoms with Crippen molar-refractivity contribution >= 4 is 5.91 Å². The maximum absolute atomic E-state index is 12.6. The highest BCUT2D eigenvalue weighted by molar-refractivity contribution is 5.80. The van der Waals surface area contributed by atoms with Gasteiger partial charge in [0.15, 0.2) is 0 Å². The zero-order chi connectivity index (χ0) is 13.9. The second-order valence-corrected chi connectivity index (χ2v) is 5.65. The van der Waals surface area contributed by atoms with Gasteiger partial charge in [-0.05, 0) is 43.4 Å². The fraction of sp³-hybridized carbons (Fsp3) is 0.500. The van der Waals surface area contributed by atoms with Gasteiger partial charge in [-0.3, -0.25) is 9.78 Å². The predicted octanol–water partition coefficient (Wildman–Crippen LogP) is 1.55. The summed E-state index contributed by atoms with van der Waals surface area (Å²) < 4.78 is 0. The molecule has 1 fully saturated rings. The summed E-state index contributed by atoms with van der Waals surface area (Å²) in [5.74, 6) is 0.283. The van der Waals surface area contributed by atoms with Crippen molar-refractivity contribution < 1.29 is 9.90 Å². The van der Waals surface area contributed by atoms with Crippen molar-refractivity contribution in [1.29, 1.82) is 0 Å². The Morgan fingerprint density at radius 1 is 1.30 bits per heavy atom. The van der Waals surface area contributed by atoms with E-state index in [0.29, 0.717) is 19.4 Å². The highest BCUT2D eigenvalue weighted by Gasteiger charge is 2.38. The Hall–Kier alpha value is -1.68. The van der Waals surface area contributed by atoms with Crippen LogP contribution in [-0.4, -0.2) is 39.6 Å². The maximum atomic E-state index is 12.6. The minimum Gasteiger partial charge on any atom is -0.391 e. The first-order chi connectivity index (χ1) is 9.75. The summed E-state index contributed by atoms with van der Waals surface area (Å²) in [5, 5.41) is 10.2. The molecule has 1 aromatic heterocycles. The van der Waals surface area contributed by atoms with Crippen molar-refractivity contribution in [2.45, 2.75) is 37.8 Å². The second kappa shape index (κ2) is 5.75. The van der Waals surface area contributed by atoms with Crippen LogP contribution in [-0.2, 0) is 11.2 Å². The monoisotopic (exact) mass is 272 g/mol. The number of aromatic nitrogens is 1. The predicted molar refractivity (Wildman–Crippen MR) is 75.9 cm³/mol. The number of allylic oxidation sites excluding steroid dienone is 2. The highest BCUT2D eigenvalue weighted by atomic mass is 16.3. The first kappa shape index (κ1) is 13.3. The Bertz CT molecular complexity index is 492. The molecular formula is C16H20N2O2. The van der Waals surface area contributed by atoms with E-state index in [1.165, 1.54) is 0 Å². The smallest absolute Gasteiger partial charge is 0.226 e. The van der Waals surface area contributed by atoms with Gasteiger partial charge in [-0.2, -0.15) is 0 Å². The lowest BCUT2D eigenvalue weighted by atomic mass is 10.0. The van der Waals surface area contributed by atoms with E-state index in [9.17, 15) is 9.90 Å². The van der Waals surface area contributed by atoms with Crippen LogP contribution in [0.2, 0.25) is 0 Å². The lowest BCUT2D eigenvalue weighted by molar-refractivity contribution is -0.136. The van der Waals surface area contributed by atoms with Gasteiger partial charge in [-0.25, -0.2) is 0 Å². The van der Waals surface area contributed by atoms with Crippen molar-refractivity contribution in [2.24, 2.45) is 5.92 Å². The van der Waals surface area contributed by atoms with Crippen LogP contribution in [0, 0.1) is 5.92 Å². The third-order valence-electron chi connectivity index (χ3n) is 4.34. The van der Waals surface area contributed by atoms with Crippen LogP contribution < -0.4 is 0 Å². The summed E-state index contributed by atoms with van der Waals surface area (Å²) in [4.78, 5) is 18.5. The summed E-state index contributed by atoms with van der Waals surface area (Å²) in [6, 6.07) is 3.81. The Kier molecular flexibility index (Phi) is 3.83. The van der Waals surface area contributed by atoms with E-state index in [4.69, 9.17) is 0 Å². The molecule has 3 rings (SSSR count). The Labute approximate surface area is 119 Å². The number of carbonyl (C=O) groups excluding carboxylic acids is 1. The van der Waals surface area contributed by atoms with Gasteiger partial charge in [0.05, 0.1) is 12.1 Å². The molecule has 1 saturated heterocycles. The van der Waals surface area contributed by atoms with Gasteiger partial charge in [0.25, 0.3) is 0 Å². The van der Waals surface area contributed by atoms with Gasteiger partial charge in [-0.15, -0.1) is 0 Å². The van der Waals surface area contributed by atoms with E-state index < -0.39 is 6.10 Å². The number of pyridine rings is 1. The standard InChI is InChI=1S/C16H20N2O2/c19-15-7-10-18(16(20)13-3-1-2-4-13)14(15)11-12-5-8-17-9-6-12/h1-2,5-6,8-9,13-15,19H,3-4,7,10-11H2/t14-,15-/m0/s1. The minimum atomic E-state index is -0.415. The third-order valence-corrected chi connectivity index (χ3v) is 4.34. The number of likely N-dealkylation sites (tertiary alicyclic amines) is 1. The highest BCUT2D eigenvalue weighted by Crippen LogP contribution is 2.27. The molecule has 1 aliphatic carbocycles. The molecule has 4 nitrogen and oxygen atoms in total. The lowest BCUT2D eigenvalue weighted by Crippen LogP contribution is -2.43. The van der Waals surface area contributed by atoms with Crippen molar-refractivity contribution in [3.63, 3.8) is 0 Å². The molecule has 1 N–H and O–H groups in total. The van der Waals surface area contributed by atoms with Crippen molar-refractivity contribution in [3.05, 3.63) is 42.2 Å². The normalized spacial score (nSPS) is 26.4.